The Balaban J connectivity index is 2.32. The monoisotopic (exact) mass is 358 g/mol. The van der Waals surface area contributed by atoms with E-state index in [1.807, 2.05) is 4.90 Å². The molecule has 0 saturated carbocycles. The molecule has 2 nitrogen and oxygen atoms in total. The molecule has 0 aromatic heterocycles. The van der Waals surface area contributed by atoms with Gasteiger partial charge in [-0.15, -0.1) is 0 Å². The Morgan fingerprint density at radius 1 is 1.18 bits per heavy atom. The molecule has 22 heavy (non-hydrogen) atoms. The van der Waals surface area contributed by atoms with Crippen LogP contribution in [0.2, 0.25) is 10.0 Å². The quantitative estimate of drug-likeness (QED) is 0.632. The molecule has 0 radical (unpaired) electrons. The number of nitrogens with one attached hydrogen (secondary N) is 1. The Bertz CT molecular complexity index is 516. The van der Waals surface area contributed by atoms with Crippen LogP contribution in [0.3, 0.4) is 0 Å². The average molecular weight is 359 g/mol. The predicted octanol–water partition coefficient (Wildman–Crippen LogP) is 4.42. The lowest BCUT2D eigenvalue weighted by atomic mass is 9.98. The maximum atomic E-state index is 14.2. The standard InChI is InChI=1S/C14H16Cl2F4N2/c15-9-1-2-10(17)12(13(9)16)11(3-4-14(18,19)20)22-7-5-21-6-8-22/h1-2,11,21H,3-8H2/t11-/m0/s1. The lowest BCUT2D eigenvalue weighted by Crippen LogP contribution is -2.45. The van der Waals surface area contributed by atoms with E-state index in [0.717, 1.165) is 6.07 Å². The molecule has 1 aliphatic heterocycles. The molecule has 8 heteroatoms. The van der Waals surface area contributed by atoms with Gasteiger partial charge >= 0.3 is 6.18 Å². The fourth-order valence-corrected chi connectivity index (χ4v) is 3.10. The highest BCUT2D eigenvalue weighted by Crippen LogP contribution is 2.39. The minimum atomic E-state index is -4.30. The lowest BCUT2D eigenvalue weighted by molar-refractivity contribution is -0.138. The highest BCUT2D eigenvalue weighted by Gasteiger charge is 2.33. The van der Waals surface area contributed by atoms with Crippen LogP contribution in [0.4, 0.5) is 17.6 Å². The molecule has 1 saturated heterocycles. The van der Waals surface area contributed by atoms with Gasteiger partial charge in [-0.25, -0.2) is 4.39 Å². The zero-order valence-electron chi connectivity index (χ0n) is 11.7. The van der Waals surface area contributed by atoms with Gasteiger partial charge in [0.15, 0.2) is 0 Å². The Kier molecular flexibility index (Phi) is 5.94. The van der Waals surface area contributed by atoms with Crippen molar-refractivity contribution in [1.29, 1.82) is 0 Å². The van der Waals surface area contributed by atoms with E-state index in [4.69, 9.17) is 23.2 Å². The molecular weight excluding hydrogens is 343 g/mol. The van der Waals surface area contributed by atoms with Crippen molar-refractivity contribution >= 4 is 23.2 Å². The molecule has 1 heterocycles. The van der Waals surface area contributed by atoms with Gasteiger partial charge in [0.2, 0.25) is 0 Å². The van der Waals surface area contributed by atoms with Crippen molar-refractivity contribution in [2.75, 3.05) is 26.2 Å². The number of rotatable bonds is 4. The fraction of sp³-hybridized carbons (Fsp3) is 0.571. The number of benzene rings is 1. The SMILES string of the molecule is Fc1ccc(Cl)c(Cl)c1[C@H](CCC(F)(F)F)N1CCNCC1. The van der Waals surface area contributed by atoms with Crippen LogP contribution in [0.5, 0.6) is 0 Å². The number of hydrogen-bond acceptors (Lipinski definition) is 2. The smallest absolute Gasteiger partial charge is 0.314 e. The van der Waals surface area contributed by atoms with Gasteiger partial charge in [-0.3, -0.25) is 4.90 Å². The van der Waals surface area contributed by atoms with E-state index in [9.17, 15) is 17.6 Å². The molecular formula is C14H16Cl2F4N2. The first-order valence-corrected chi connectivity index (χ1v) is 7.70. The molecule has 1 aromatic rings. The minimum absolute atomic E-state index is 0.00706. The van der Waals surface area contributed by atoms with E-state index < -0.39 is 24.5 Å². The second-order valence-corrected chi connectivity index (χ2v) is 6.00. The first-order chi connectivity index (χ1) is 10.3. The van der Waals surface area contributed by atoms with Crippen molar-refractivity contribution in [3.63, 3.8) is 0 Å². The first-order valence-electron chi connectivity index (χ1n) is 6.94. The maximum Gasteiger partial charge on any atom is 0.389 e. The largest absolute Gasteiger partial charge is 0.389 e. The van der Waals surface area contributed by atoms with Gasteiger partial charge in [0.05, 0.1) is 10.0 Å². The van der Waals surface area contributed by atoms with Gasteiger partial charge in [0, 0.05) is 44.2 Å². The molecule has 0 spiro atoms. The van der Waals surface area contributed by atoms with E-state index in [-0.39, 0.29) is 22.0 Å². The lowest BCUT2D eigenvalue weighted by Gasteiger charge is -2.36. The highest BCUT2D eigenvalue weighted by molar-refractivity contribution is 6.42. The fourth-order valence-electron chi connectivity index (χ4n) is 2.65. The van der Waals surface area contributed by atoms with E-state index in [1.54, 1.807) is 0 Å². The summed E-state index contributed by atoms with van der Waals surface area (Å²) >= 11 is 12.0. The minimum Gasteiger partial charge on any atom is -0.314 e. The van der Waals surface area contributed by atoms with Crippen LogP contribution in [0.1, 0.15) is 24.4 Å². The van der Waals surface area contributed by atoms with Crippen molar-refractivity contribution in [3.05, 3.63) is 33.6 Å². The molecule has 0 unspecified atom stereocenters. The Morgan fingerprint density at radius 2 is 1.82 bits per heavy atom. The molecule has 1 aliphatic rings. The maximum absolute atomic E-state index is 14.2. The second-order valence-electron chi connectivity index (χ2n) is 5.21. The van der Waals surface area contributed by atoms with E-state index in [1.165, 1.54) is 6.07 Å². The van der Waals surface area contributed by atoms with Crippen molar-refractivity contribution in [2.45, 2.75) is 25.1 Å². The third-order valence-corrected chi connectivity index (χ3v) is 4.53. The number of nitrogens with zero attached hydrogens (tertiary/aromatic N) is 1. The third-order valence-electron chi connectivity index (χ3n) is 3.71. The number of hydrogen-bond donors (Lipinski definition) is 1. The second kappa shape index (κ2) is 7.34. The van der Waals surface area contributed by atoms with Crippen LogP contribution in [-0.2, 0) is 0 Å². The first kappa shape index (κ1) is 17.8. The van der Waals surface area contributed by atoms with Gasteiger partial charge in [-0.2, -0.15) is 13.2 Å². The third kappa shape index (κ3) is 4.47. The summed E-state index contributed by atoms with van der Waals surface area (Å²) in [6.45, 7) is 2.35. The van der Waals surface area contributed by atoms with Gasteiger partial charge in [0.1, 0.15) is 5.82 Å². The summed E-state index contributed by atoms with van der Waals surface area (Å²) < 4.78 is 52.0. The van der Waals surface area contributed by atoms with E-state index in [0.29, 0.717) is 26.2 Å². The molecule has 124 valence electrons. The van der Waals surface area contributed by atoms with E-state index >= 15 is 0 Å². The summed E-state index contributed by atoms with van der Waals surface area (Å²) in [5.41, 5.74) is 0.0558. The zero-order valence-corrected chi connectivity index (χ0v) is 13.2. The average Bonchev–Trinajstić information content (AvgIpc) is 2.46. The summed E-state index contributed by atoms with van der Waals surface area (Å²) in [5, 5.41) is 3.25. The summed E-state index contributed by atoms with van der Waals surface area (Å²) in [6, 6.07) is 1.71. The van der Waals surface area contributed by atoms with Crippen LogP contribution in [0, 0.1) is 5.82 Å². The molecule has 1 aromatic carbocycles. The Hall–Kier alpha value is -0.560. The van der Waals surface area contributed by atoms with Gasteiger partial charge in [-0.05, 0) is 18.6 Å². The van der Waals surface area contributed by atoms with Crippen molar-refractivity contribution in [2.24, 2.45) is 0 Å². The summed E-state index contributed by atoms with van der Waals surface area (Å²) in [6.07, 6.45) is -5.54. The van der Waals surface area contributed by atoms with Crippen molar-refractivity contribution in [3.8, 4) is 0 Å². The van der Waals surface area contributed by atoms with Crippen LogP contribution < -0.4 is 5.32 Å². The summed E-state index contributed by atoms with van der Waals surface area (Å²) in [4.78, 5) is 1.82. The normalized spacial score (nSPS) is 18.5. The van der Waals surface area contributed by atoms with Crippen LogP contribution in [0.25, 0.3) is 0 Å². The zero-order chi connectivity index (χ0) is 16.3. The molecule has 1 fully saturated rings. The topological polar surface area (TPSA) is 15.3 Å². The number of alkyl halides is 3. The Labute approximate surface area is 136 Å². The van der Waals surface area contributed by atoms with Crippen molar-refractivity contribution < 1.29 is 17.6 Å². The Morgan fingerprint density at radius 3 is 2.41 bits per heavy atom. The molecule has 0 aliphatic carbocycles. The van der Waals surface area contributed by atoms with Gasteiger partial charge < -0.3 is 5.32 Å². The number of halogens is 6. The molecule has 1 atom stereocenters. The summed E-state index contributed by atoms with van der Waals surface area (Å²) in [5.74, 6) is -0.625. The van der Waals surface area contributed by atoms with Crippen LogP contribution >= 0.6 is 23.2 Å². The molecule has 2 rings (SSSR count). The molecule has 1 N–H and O–H groups in total. The highest BCUT2D eigenvalue weighted by atomic mass is 35.5. The van der Waals surface area contributed by atoms with Gasteiger partial charge in [0.25, 0.3) is 0 Å². The summed E-state index contributed by atoms with van der Waals surface area (Å²) in [7, 11) is 0. The van der Waals surface area contributed by atoms with E-state index in [2.05, 4.69) is 5.32 Å². The molecule has 0 bridgehead atoms. The molecule has 0 amide bonds. The predicted molar refractivity (Wildman–Crippen MR) is 78.9 cm³/mol. The van der Waals surface area contributed by atoms with Crippen LogP contribution in [-0.4, -0.2) is 37.3 Å². The van der Waals surface area contributed by atoms with Crippen LogP contribution in [0.15, 0.2) is 12.1 Å². The number of piperazine rings is 1. The van der Waals surface area contributed by atoms with Gasteiger partial charge in [-0.1, -0.05) is 23.2 Å². The van der Waals surface area contributed by atoms with Crippen molar-refractivity contribution in [1.82, 2.24) is 10.2 Å².